The predicted molar refractivity (Wildman–Crippen MR) is 99.7 cm³/mol. The zero-order valence-electron chi connectivity index (χ0n) is 15.6. The summed E-state index contributed by atoms with van der Waals surface area (Å²) in [5.74, 6) is 0. The van der Waals surface area contributed by atoms with Crippen LogP contribution in [0.4, 0.5) is 23.7 Å². The van der Waals surface area contributed by atoms with Crippen LogP contribution < -0.4 is 15.4 Å². The van der Waals surface area contributed by atoms with Crippen molar-refractivity contribution in [2.45, 2.75) is 63.4 Å². The third kappa shape index (κ3) is 4.78. The molecule has 3 N–H and O–H groups in total. The molecule has 1 atom stereocenters. The first-order valence-electron chi connectivity index (χ1n) is 9.36. The Balaban J connectivity index is 1.66. The van der Waals surface area contributed by atoms with E-state index in [0.717, 1.165) is 49.7 Å². The lowest BCUT2D eigenvalue weighted by Crippen LogP contribution is -2.46. The van der Waals surface area contributed by atoms with Gasteiger partial charge in [0.25, 0.3) is 10.0 Å². The molecule has 2 amide bonds. The molecule has 0 aromatic heterocycles. The zero-order chi connectivity index (χ0) is 20.5. The number of alkyl halides is 3. The Morgan fingerprint density at radius 3 is 2.21 bits per heavy atom. The summed E-state index contributed by atoms with van der Waals surface area (Å²) in [4.78, 5) is 12.4. The van der Waals surface area contributed by atoms with Gasteiger partial charge >= 0.3 is 12.2 Å². The fourth-order valence-electron chi connectivity index (χ4n) is 3.85. The standard InChI is InChI=1S/C18H24F3N3O3S/c1-11(22-9-8-18(19,20)21)28(26,27)24-17(25)23-16-14-6-2-4-12(14)10-13-5-3-7-15(13)16/h10-11,22H,2-9H2,1H3,(H2,23,24,25). The largest absolute Gasteiger partial charge is 0.390 e. The fourth-order valence-corrected chi connectivity index (χ4v) is 4.67. The van der Waals surface area contributed by atoms with E-state index in [2.05, 4.69) is 16.7 Å². The number of sulfonamides is 1. The molecular formula is C18H24F3N3O3S. The molecule has 2 aliphatic rings. The van der Waals surface area contributed by atoms with Gasteiger partial charge in [0.1, 0.15) is 5.37 Å². The summed E-state index contributed by atoms with van der Waals surface area (Å²) in [7, 11) is -4.17. The van der Waals surface area contributed by atoms with Crippen molar-refractivity contribution in [3.8, 4) is 0 Å². The minimum Gasteiger partial charge on any atom is -0.307 e. The predicted octanol–water partition coefficient (Wildman–Crippen LogP) is 3.00. The summed E-state index contributed by atoms with van der Waals surface area (Å²) in [6.45, 7) is 0.650. The summed E-state index contributed by atoms with van der Waals surface area (Å²) in [6.07, 6.45) is 0.00611. The number of urea groups is 1. The number of halogens is 3. The number of aryl methyl sites for hydroxylation is 2. The first-order chi connectivity index (χ1) is 13.1. The monoisotopic (exact) mass is 419 g/mol. The average Bonchev–Trinajstić information content (AvgIpc) is 3.21. The fraction of sp³-hybridized carbons (Fsp3) is 0.611. The van der Waals surface area contributed by atoms with Crippen LogP contribution >= 0.6 is 0 Å². The smallest absolute Gasteiger partial charge is 0.307 e. The average molecular weight is 419 g/mol. The number of rotatable bonds is 6. The van der Waals surface area contributed by atoms with Crippen LogP contribution in [0.3, 0.4) is 0 Å². The minimum atomic E-state index is -4.38. The van der Waals surface area contributed by atoms with Crippen LogP contribution in [0.15, 0.2) is 6.07 Å². The molecule has 10 heteroatoms. The molecule has 1 unspecified atom stereocenters. The van der Waals surface area contributed by atoms with E-state index in [0.29, 0.717) is 5.69 Å². The molecule has 0 saturated heterocycles. The lowest BCUT2D eigenvalue weighted by Gasteiger charge is -2.19. The summed E-state index contributed by atoms with van der Waals surface area (Å²) >= 11 is 0. The molecule has 3 rings (SSSR count). The number of benzene rings is 1. The molecule has 0 spiro atoms. The van der Waals surface area contributed by atoms with E-state index >= 15 is 0 Å². The number of fused-ring (bicyclic) bond motifs is 2. The maximum absolute atomic E-state index is 12.4. The van der Waals surface area contributed by atoms with Gasteiger partial charge in [-0.05, 0) is 67.7 Å². The molecule has 0 saturated carbocycles. The second-order valence-electron chi connectivity index (χ2n) is 7.30. The van der Waals surface area contributed by atoms with E-state index in [1.807, 2.05) is 4.72 Å². The van der Waals surface area contributed by atoms with Gasteiger partial charge in [-0.15, -0.1) is 0 Å². The van der Waals surface area contributed by atoms with E-state index in [9.17, 15) is 26.4 Å². The molecule has 0 radical (unpaired) electrons. The van der Waals surface area contributed by atoms with E-state index in [1.54, 1.807) is 0 Å². The quantitative estimate of drug-likeness (QED) is 0.662. The number of carbonyl (C=O) groups is 1. The Kier molecular flexibility index (Phi) is 5.90. The van der Waals surface area contributed by atoms with Gasteiger partial charge in [0.2, 0.25) is 0 Å². The van der Waals surface area contributed by atoms with Crippen molar-refractivity contribution < 1.29 is 26.4 Å². The number of nitrogens with one attached hydrogen (secondary N) is 3. The van der Waals surface area contributed by atoms with Crippen molar-refractivity contribution in [3.63, 3.8) is 0 Å². The van der Waals surface area contributed by atoms with Crippen LogP contribution in [-0.4, -0.2) is 32.5 Å². The lowest BCUT2D eigenvalue weighted by molar-refractivity contribution is -0.133. The summed E-state index contributed by atoms with van der Waals surface area (Å²) in [5, 5.41) is 3.64. The Hall–Kier alpha value is -1.81. The first kappa shape index (κ1) is 20.9. The second kappa shape index (κ2) is 7.90. The molecule has 0 aliphatic heterocycles. The molecule has 1 aromatic carbocycles. The summed E-state index contributed by atoms with van der Waals surface area (Å²) in [5.41, 5.74) is 5.21. The van der Waals surface area contributed by atoms with Crippen LogP contribution in [0.2, 0.25) is 0 Å². The topological polar surface area (TPSA) is 87.3 Å². The second-order valence-corrected chi connectivity index (χ2v) is 9.30. The third-order valence-electron chi connectivity index (χ3n) is 5.25. The van der Waals surface area contributed by atoms with Crippen molar-refractivity contribution in [1.29, 1.82) is 0 Å². The molecule has 1 aromatic rings. The highest BCUT2D eigenvalue weighted by Gasteiger charge is 2.30. The highest BCUT2D eigenvalue weighted by molar-refractivity contribution is 7.90. The first-order valence-corrected chi connectivity index (χ1v) is 10.9. The SMILES string of the molecule is CC(NCCC(F)(F)F)S(=O)(=O)NC(=O)Nc1c2c(cc3c1CCC3)CCC2. The van der Waals surface area contributed by atoms with Gasteiger partial charge in [-0.2, -0.15) is 13.2 Å². The van der Waals surface area contributed by atoms with E-state index in [4.69, 9.17) is 0 Å². The van der Waals surface area contributed by atoms with Crippen LogP contribution in [0.25, 0.3) is 0 Å². The number of hydrogen-bond acceptors (Lipinski definition) is 4. The van der Waals surface area contributed by atoms with Crippen LogP contribution in [0.5, 0.6) is 0 Å². The lowest BCUT2D eigenvalue weighted by atomic mass is 9.99. The Labute approximate surface area is 162 Å². The van der Waals surface area contributed by atoms with Gasteiger partial charge in [0, 0.05) is 12.2 Å². The molecule has 0 heterocycles. The van der Waals surface area contributed by atoms with Crippen LogP contribution in [0, 0.1) is 0 Å². The number of anilines is 1. The van der Waals surface area contributed by atoms with Gasteiger partial charge in [0.15, 0.2) is 0 Å². The molecule has 28 heavy (non-hydrogen) atoms. The number of amides is 2. The Morgan fingerprint density at radius 1 is 1.11 bits per heavy atom. The van der Waals surface area contributed by atoms with E-state index in [-0.39, 0.29) is 0 Å². The maximum Gasteiger partial charge on any atom is 0.390 e. The molecule has 0 fully saturated rings. The van der Waals surface area contributed by atoms with Crippen molar-refractivity contribution in [2.24, 2.45) is 0 Å². The molecule has 156 valence electrons. The van der Waals surface area contributed by atoms with Gasteiger partial charge in [0.05, 0.1) is 6.42 Å². The van der Waals surface area contributed by atoms with Crippen molar-refractivity contribution in [1.82, 2.24) is 10.0 Å². The van der Waals surface area contributed by atoms with Crippen LogP contribution in [-0.2, 0) is 35.7 Å². The molecule has 6 nitrogen and oxygen atoms in total. The highest BCUT2D eigenvalue weighted by Crippen LogP contribution is 2.38. The van der Waals surface area contributed by atoms with Crippen molar-refractivity contribution in [3.05, 3.63) is 28.3 Å². The molecule has 0 bridgehead atoms. The number of carbonyl (C=O) groups excluding carboxylic acids is 1. The van der Waals surface area contributed by atoms with Gasteiger partial charge in [-0.25, -0.2) is 17.9 Å². The van der Waals surface area contributed by atoms with Crippen molar-refractivity contribution >= 4 is 21.7 Å². The van der Waals surface area contributed by atoms with Gasteiger partial charge in [-0.3, -0.25) is 5.32 Å². The summed E-state index contributed by atoms with van der Waals surface area (Å²) < 4.78 is 63.0. The normalized spacial score (nSPS) is 17.1. The van der Waals surface area contributed by atoms with E-state index in [1.165, 1.54) is 18.1 Å². The Bertz CT molecular complexity index is 837. The number of hydrogen-bond donors (Lipinski definition) is 3. The van der Waals surface area contributed by atoms with Crippen LogP contribution in [0.1, 0.15) is 48.4 Å². The summed E-state index contributed by atoms with van der Waals surface area (Å²) in [6, 6.07) is 1.30. The van der Waals surface area contributed by atoms with E-state index < -0.39 is 40.6 Å². The molecular weight excluding hydrogens is 395 g/mol. The Morgan fingerprint density at radius 2 is 1.68 bits per heavy atom. The molecule has 2 aliphatic carbocycles. The maximum atomic E-state index is 12.4. The van der Waals surface area contributed by atoms with Crippen molar-refractivity contribution in [2.75, 3.05) is 11.9 Å². The zero-order valence-corrected chi connectivity index (χ0v) is 16.4. The van der Waals surface area contributed by atoms with Gasteiger partial charge in [-0.1, -0.05) is 6.07 Å². The third-order valence-corrected chi connectivity index (χ3v) is 6.82. The van der Waals surface area contributed by atoms with Gasteiger partial charge < -0.3 is 5.32 Å². The minimum absolute atomic E-state index is 0.549. The highest BCUT2D eigenvalue weighted by atomic mass is 32.2.